The molecule has 0 saturated carbocycles. The summed E-state index contributed by atoms with van der Waals surface area (Å²) >= 11 is 3.58. The standard InChI is InChI=1S/C16H19BrN2O/c1-10-6-11(2)8-12(7-10)16(19-18)14-9-13(20-3)4-5-15(14)17/h4-9,16,19H,18H2,1-3H3. The Bertz CT molecular complexity index is 593. The van der Waals surface area contributed by atoms with Gasteiger partial charge in [0.15, 0.2) is 0 Å². The lowest BCUT2D eigenvalue weighted by molar-refractivity contribution is 0.413. The van der Waals surface area contributed by atoms with E-state index in [1.165, 1.54) is 11.1 Å². The maximum Gasteiger partial charge on any atom is 0.119 e. The van der Waals surface area contributed by atoms with Gasteiger partial charge in [0.2, 0.25) is 0 Å². The van der Waals surface area contributed by atoms with E-state index in [2.05, 4.69) is 53.4 Å². The Balaban J connectivity index is 2.51. The molecule has 0 saturated heterocycles. The Labute approximate surface area is 128 Å². The van der Waals surface area contributed by atoms with Crippen molar-refractivity contribution in [2.45, 2.75) is 19.9 Å². The summed E-state index contributed by atoms with van der Waals surface area (Å²) in [5, 5.41) is 0. The molecule has 0 fully saturated rings. The van der Waals surface area contributed by atoms with Crippen molar-refractivity contribution in [2.24, 2.45) is 5.84 Å². The van der Waals surface area contributed by atoms with Crippen LogP contribution in [0.4, 0.5) is 0 Å². The van der Waals surface area contributed by atoms with Crippen molar-refractivity contribution in [1.82, 2.24) is 5.43 Å². The third kappa shape index (κ3) is 3.20. The Kier molecular flexibility index (Phi) is 4.81. The molecule has 0 aliphatic rings. The number of nitrogens with one attached hydrogen (secondary N) is 1. The average Bonchev–Trinajstić information content (AvgIpc) is 2.40. The van der Waals surface area contributed by atoms with Crippen LogP contribution in [-0.4, -0.2) is 7.11 Å². The van der Waals surface area contributed by atoms with Gasteiger partial charge in [-0.05, 0) is 43.2 Å². The molecule has 0 radical (unpaired) electrons. The van der Waals surface area contributed by atoms with Crippen LogP contribution < -0.4 is 16.0 Å². The van der Waals surface area contributed by atoms with Crippen LogP contribution in [0.5, 0.6) is 5.75 Å². The fraction of sp³-hybridized carbons (Fsp3) is 0.250. The minimum absolute atomic E-state index is 0.0851. The van der Waals surface area contributed by atoms with Gasteiger partial charge in [0.25, 0.3) is 0 Å². The van der Waals surface area contributed by atoms with E-state index in [0.29, 0.717) is 0 Å². The SMILES string of the molecule is COc1ccc(Br)c(C(NN)c2cc(C)cc(C)c2)c1. The normalized spacial score (nSPS) is 12.2. The molecule has 0 aliphatic heterocycles. The van der Waals surface area contributed by atoms with Gasteiger partial charge in [-0.3, -0.25) is 5.84 Å². The smallest absolute Gasteiger partial charge is 0.119 e. The first-order valence-electron chi connectivity index (χ1n) is 6.43. The van der Waals surface area contributed by atoms with Crippen molar-refractivity contribution in [3.63, 3.8) is 0 Å². The second-order valence-electron chi connectivity index (χ2n) is 4.91. The van der Waals surface area contributed by atoms with Gasteiger partial charge in [-0.1, -0.05) is 45.3 Å². The van der Waals surface area contributed by atoms with Gasteiger partial charge in [0.1, 0.15) is 5.75 Å². The van der Waals surface area contributed by atoms with E-state index in [-0.39, 0.29) is 6.04 Å². The van der Waals surface area contributed by atoms with E-state index in [1.54, 1.807) is 7.11 Å². The Hall–Kier alpha value is -1.36. The third-order valence-corrected chi connectivity index (χ3v) is 3.98. The number of nitrogens with two attached hydrogens (primary N) is 1. The second-order valence-corrected chi connectivity index (χ2v) is 5.76. The van der Waals surface area contributed by atoms with Crippen molar-refractivity contribution in [2.75, 3.05) is 7.11 Å². The van der Waals surface area contributed by atoms with Crippen LogP contribution in [0.2, 0.25) is 0 Å². The molecule has 3 nitrogen and oxygen atoms in total. The van der Waals surface area contributed by atoms with Gasteiger partial charge >= 0.3 is 0 Å². The highest BCUT2D eigenvalue weighted by Gasteiger charge is 2.17. The van der Waals surface area contributed by atoms with Crippen molar-refractivity contribution in [3.8, 4) is 5.75 Å². The lowest BCUT2D eigenvalue weighted by Gasteiger charge is -2.20. The summed E-state index contributed by atoms with van der Waals surface area (Å²) in [4.78, 5) is 0. The molecule has 3 N–H and O–H groups in total. The van der Waals surface area contributed by atoms with Gasteiger partial charge in [-0.15, -0.1) is 0 Å². The molecule has 0 amide bonds. The van der Waals surface area contributed by atoms with Crippen molar-refractivity contribution in [1.29, 1.82) is 0 Å². The zero-order valence-corrected chi connectivity index (χ0v) is 13.5. The number of methoxy groups -OCH3 is 1. The molecular formula is C16H19BrN2O. The minimum Gasteiger partial charge on any atom is -0.497 e. The molecule has 1 atom stereocenters. The van der Waals surface area contributed by atoms with Crippen molar-refractivity contribution in [3.05, 3.63) is 63.1 Å². The van der Waals surface area contributed by atoms with Gasteiger partial charge in [0.05, 0.1) is 13.2 Å². The number of rotatable bonds is 4. The number of hydrazine groups is 1. The van der Waals surface area contributed by atoms with E-state index in [0.717, 1.165) is 21.3 Å². The molecule has 0 aromatic heterocycles. The van der Waals surface area contributed by atoms with Gasteiger partial charge in [0, 0.05) is 4.47 Å². The molecule has 20 heavy (non-hydrogen) atoms. The van der Waals surface area contributed by atoms with Crippen molar-refractivity contribution >= 4 is 15.9 Å². The van der Waals surface area contributed by atoms with Crippen LogP contribution in [0.25, 0.3) is 0 Å². The van der Waals surface area contributed by atoms with Gasteiger partial charge < -0.3 is 4.74 Å². The summed E-state index contributed by atoms with van der Waals surface area (Å²) in [5.41, 5.74) is 7.53. The zero-order chi connectivity index (χ0) is 14.7. The summed E-state index contributed by atoms with van der Waals surface area (Å²) in [5.74, 6) is 6.60. The molecule has 1 unspecified atom stereocenters. The lowest BCUT2D eigenvalue weighted by Crippen LogP contribution is -2.29. The summed E-state index contributed by atoms with van der Waals surface area (Å²) < 4.78 is 6.30. The largest absolute Gasteiger partial charge is 0.497 e. The first-order chi connectivity index (χ1) is 9.55. The van der Waals surface area contributed by atoms with Crippen LogP contribution in [0.15, 0.2) is 40.9 Å². The fourth-order valence-corrected chi connectivity index (χ4v) is 2.89. The fourth-order valence-electron chi connectivity index (χ4n) is 2.41. The monoisotopic (exact) mass is 334 g/mol. The van der Waals surface area contributed by atoms with Crippen LogP contribution in [-0.2, 0) is 0 Å². The van der Waals surface area contributed by atoms with E-state index in [1.807, 2.05) is 18.2 Å². The number of halogens is 1. The second kappa shape index (κ2) is 6.39. The predicted octanol–water partition coefficient (Wildman–Crippen LogP) is 3.63. The summed E-state index contributed by atoms with van der Waals surface area (Å²) in [7, 11) is 1.66. The molecule has 0 heterocycles. The van der Waals surface area contributed by atoms with E-state index in [4.69, 9.17) is 10.6 Å². The summed E-state index contributed by atoms with van der Waals surface area (Å²) in [6.07, 6.45) is 0. The molecule has 0 bridgehead atoms. The zero-order valence-electron chi connectivity index (χ0n) is 11.9. The average molecular weight is 335 g/mol. The Morgan fingerprint density at radius 3 is 2.30 bits per heavy atom. The van der Waals surface area contributed by atoms with Gasteiger partial charge in [-0.25, -0.2) is 5.43 Å². The summed E-state index contributed by atoms with van der Waals surface area (Å²) in [6.45, 7) is 4.18. The molecule has 0 aliphatic carbocycles. The first-order valence-corrected chi connectivity index (χ1v) is 7.22. The predicted molar refractivity (Wildman–Crippen MR) is 85.8 cm³/mol. The molecule has 2 rings (SSSR count). The highest BCUT2D eigenvalue weighted by molar-refractivity contribution is 9.10. The van der Waals surface area contributed by atoms with E-state index >= 15 is 0 Å². The Morgan fingerprint density at radius 2 is 1.75 bits per heavy atom. The number of ether oxygens (including phenoxy) is 1. The quantitative estimate of drug-likeness (QED) is 0.663. The molecular weight excluding hydrogens is 316 g/mol. The van der Waals surface area contributed by atoms with Crippen LogP contribution in [0.3, 0.4) is 0 Å². The number of hydrogen-bond donors (Lipinski definition) is 2. The van der Waals surface area contributed by atoms with Crippen LogP contribution in [0, 0.1) is 13.8 Å². The molecule has 106 valence electrons. The molecule has 2 aromatic rings. The highest BCUT2D eigenvalue weighted by Crippen LogP contribution is 2.32. The number of hydrogen-bond acceptors (Lipinski definition) is 3. The van der Waals surface area contributed by atoms with E-state index < -0.39 is 0 Å². The number of aryl methyl sites for hydroxylation is 2. The maximum absolute atomic E-state index is 5.79. The minimum atomic E-state index is -0.0851. The molecule has 0 spiro atoms. The van der Waals surface area contributed by atoms with Crippen molar-refractivity contribution < 1.29 is 4.74 Å². The maximum atomic E-state index is 5.79. The molecule has 4 heteroatoms. The van der Waals surface area contributed by atoms with Gasteiger partial charge in [-0.2, -0.15) is 0 Å². The highest BCUT2D eigenvalue weighted by atomic mass is 79.9. The number of benzene rings is 2. The lowest BCUT2D eigenvalue weighted by atomic mass is 9.96. The first kappa shape index (κ1) is 15.0. The third-order valence-electron chi connectivity index (χ3n) is 3.26. The summed E-state index contributed by atoms with van der Waals surface area (Å²) in [6, 6.07) is 12.2. The van der Waals surface area contributed by atoms with Crippen LogP contribution >= 0.6 is 15.9 Å². The van der Waals surface area contributed by atoms with Crippen LogP contribution in [0.1, 0.15) is 28.3 Å². The topological polar surface area (TPSA) is 47.3 Å². The van der Waals surface area contributed by atoms with E-state index in [9.17, 15) is 0 Å². The molecule has 2 aromatic carbocycles. The Morgan fingerprint density at radius 1 is 1.10 bits per heavy atom.